The lowest BCUT2D eigenvalue weighted by Gasteiger charge is -2.32. The Morgan fingerprint density at radius 1 is 0.939 bits per heavy atom. The van der Waals surface area contributed by atoms with E-state index >= 15 is 0 Å². The highest BCUT2D eigenvalue weighted by Crippen LogP contribution is 2.39. The molecule has 1 saturated heterocycles. The highest BCUT2D eigenvalue weighted by atomic mass is 19.1. The van der Waals surface area contributed by atoms with Gasteiger partial charge in [-0.3, -0.25) is 9.59 Å². The molecular formula is C27H26F2N2O2. The lowest BCUT2D eigenvalue weighted by atomic mass is 9.77. The van der Waals surface area contributed by atoms with E-state index in [-0.39, 0.29) is 29.7 Å². The van der Waals surface area contributed by atoms with E-state index in [1.165, 1.54) is 24.3 Å². The Hall–Kier alpha value is -3.54. The quantitative estimate of drug-likeness (QED) is 0.563. The zero-order valence-electron chi connectivity index (χ0n) is 18.7. The molecule has 1 aliphatic heterocycles. The molecular weight excluding hydrogens is 422 g/mol. The summed E-state index contributed by atoms with van der Waals surface area (Å²) in [4.78, 5) is 29.6. The van der Waals surface area contributed by atoms with Gasteiger partial charge in [0.15, 0.2) is 0 Å². The SMILES string of the molecule is CN(C)C(=O)[C@]1(Cc2ccccc2-c2ccccc2F)CCN(C(=O)c2cccc(F)c2)C1. The van der Waals surface area contributed by atoms with Crippen molar-refractivity contribution in [2.24, 2.45) is 5.41 Å². The molecule has 3 aromatic rings. The number of hydrogen-bond acceptors (Lipinski definition) is 2. The van der Waals surface area contributed by atoms with Gasteiger partial charge in [-0.25, -0.2) is 8.78 Å². The maximum atomic E-state index is 14.6. The molecule has 4 rings (SSSR count). The van der Waals surface area contributed by atoms with Crippen LogP contribution in [0.25, 0.3) is 11.1 Å². The molecule has 1 aliphatic rings. The molecule has 33 heavy (non-hydrogen) atoms. The Labute approximate surface area is 192 Å². The molecule has 3 aromatic carbocycles. The normalized spacial score (nSPS) is 17.8. The van der Waals surface area contributed by atoms with E-state index in [1.807, 2.05) is 24.3 Å². The van der Waals surface area contributed by atoms with Crippen molar-refractivity contribution in [1.82, 2.24) is 9.80 Å². The number of halogens is 2. The Morgan fingerprint density at radius 3 is 2.33 bits per heavy atom. The summed E-state index contributed by atoms with van der Waals surface area (Å²) in [5, 5.41) is 0. The van der Waals surface area contributed by atoms with Crippen molar-refractivity contribution < 1.29 is 18.4 Å². The third-order valence-electron chi connectivity index (χ3n) is 6.28. The van der Waals surface area contributed by atoms with Gasteiger partial charge in [-0.15, -0.1) is 0 Å². The lowest BCUT2D eigenvalue weighted by molar-refractivity contribution is -0.138. The second-order valence-corrected chi connectivity index (χ2v) is 8.78. The van der Waals surface area contributed by atoms with Crippen LogP contribution in [-0.4, -0.2) is 48.8 Å². The largest absolute Gasteiger partial charge is 0.348 e. The highest BCUT2D eigenvalue weighted by Gasteiger charge is 2.47. The van der Waals surface area contributed by atoms with Crippen molar-refractivity contribution in [2.75, 3.05) is 27.2 Å². The molecule has 1 atom stereocenters. The van der Waals surface area contributed by atoms with Crippen molar-refractivity contribution in [3.05, 3.63) is 95.6 Å². The molecule has 170 valence electrons. The van der Waals surface area contributed by atoms with E-state index in [0.29, 0.717) is 24.9 Å². The summed E-state index contributed by atoms with van der Waals surface area (Å²) in [5.74, 6) is -1.19. The van der Waals surface area contributed by atoms with Crippen LogP contribution in [0.3, 0.4) is 0 Å². The van der Waals surface area contributed by atoms with Crippen LogP contribution in [0.4, 0.5) is 8.78 Å². The maximum absolute atomic E-state index is 14.6. The van der Waals surface area contributed by atoms with Gasteiger partial charge >= 0.3 is 0 Å². The first-order valence-corrected chi connectivity index (χ1v) is 10.9. The second kappa shape index (κ2) is 9.14. The fourth-order valence-corrected chi connectivity index (χ4v) is 4.70. The van der Waals surface area contributed by atoms with Crippen LogP contribution in [-0.2, 0) is 11.2 Å². The summed E-state index contributed by atoms with van der Waals surface area (Å²) in [6, 6.07) is 19.6. The van der Waals surface area contributed by atoms with Gasteiger partial charge in [0.1, 0.15) is 11.6 Å². The van der Waals surface area contributed by atoms with Crippen molar-refractivity contribution in [2.45, 2.75) is 12.8 Å². The third-order valence-corrected chi connectivity index (χ3v) is 6.28. The van der Waals surface area contributed by atoms with Gasteiger partial charge in [0, 0.05) is 38.3 Å². The fourth-order valence-electron chi connectivity index (χ4n) is 4.70. The zero-order chi connectivity index (χ0) is 23.6. The molecule has 4 nitrogen and oxygen atoms in total. The van der Waals surface area contributed by atoms with Crippen LogP contribution in [0, 0.1) is 17.0 Å². The molecule has 0 aromatic heterocycles. The average molecular weight is 449 g/mol. The molecule has 0 N–H and O–H groups in total. The van der Waals surface area contributed by atoms with E-state index < -0.39 is 11.2 Å². The van der Waals surface area contributed by atoms with Crippen molar-refractivity contribution in [3.8, 4) is 11.1 Å². The number of carbonyl (C=O) groups excluding carboxylic acids is 2. The summed E-state index contributed by atoms with van der Waals surface area (Å²) >= 11 is 0. The smallest absolute Gasteiger partial charge is 0.253 e. The second-order valence-electron chi connectivity index (χ2n) is 8.78. The van der Waals surface area contributed by atoms with Crippen LogP contribution in [0.2, 0.25) is 0 Å². The zero-order valence-corrected chi connectivity index (χ0v) is 18.7. The van der Waals surface area contributed by atoms with E-state index in [0.717, 1.165) is 11.1 Å². The Bertz CT molecular complexity index is 1190. The molecule has 0 aliphatic carbocycles. The van der Waals surface area contributed by atoms with E-state index in [1.54, 1.807) is 48.2 Å². The summed E-state index contributed by atoms with van der Waals surface area (Å²) in [6.07, 6.45) is 0.831. The monoisotopic (exact) mass is 448 g/mol. The molecule has 0 spiro atoms. The predicted octanol–water partition coefficient (Wildman–Crippen LogP) is 4.80. The van der Waals surface area contributed by atoms with Crippen LogP contribution < -0.4 is 0 Å². The summed E-state index contributed by atoms with van der Waals surface area (Å²) in [7, 11) is 3.40. The first-order valence-electron chi connectivity index (χ1n) is 10.9. The van der Waals surface area contributed by atoms with E-state index in [4.69, 9.17) is 0 Å². The van der Waals surface area contributed by atoms with Crippen LogP contribution in [0.1, 0.15) is 22.3 Å². The van der Waals surface area contributed by atoms with Crippen LogP contribution >= 0.6 is 0 Å². The van der Waals surface area contributed by atoms with Crippen LogP contribution in [0.15, 0.2) is 72.8 Å². The fraction of sp³-hybridized carbons (Fsp3) is 0.259. The van der Waals surface area contributed by atoms with Gasteiger partial charge in [-0.1, -0.05) is 48.5 Å². The minimum absolute atomic E-state index is 0.0830. The van der Waals surface area contributed by atoms with E-state index in [2.05, 4.69) is 0 Å². The molecule has 1 heterocycles. The average Bonchev–Trinajstić information content (AvgIpc) is 3.24. The maximum Gasteiger partial charge on any atom is 0.253 e. The summed E-state index contributed by atoms with van der Waals surface area (Å²) in [6.45, 7) is 0.599. The lowest BCUT2D eigenvalue weighted by Crippen LogP contribution is -2.44. The Balaban J connectivity index is 1.69. The van der Waals surface area contributed by atoms with Gasteiger partial charge in [-0.2, -0.15) is 0 Å². The number of benzene rings is 3. The molecule has 0 bridgehead atoms. The topological polar surface area (TPSA) is 40.6 Å². The molecule has 0 unspecified atom stereocenters. The number of amides is 2. The molecule has 2 amide bonds. The number of rotatable bonds is 5. The van der Waals surface area contributed by atoms with Gasteiger partial charge in [0.05, 0.1) is 5.41 Å². The van der Waals surface area contributed by atoms with Crippen molar-refractivity contribution in [3.63, 3.8) is 0 Å². The number of likely N-dealkylation sites (tertiary alicyclic amines) is 1. The first kappa shape index (κ1) is 22.6. The standard InChI is InChI=1S/C27H26F2N2O2/c1-30(2)26(33)27(14-15-31(18-27)25(32)19-9-7-10-21(28)16-19)17-20-8-3-4-11-22(20)23-12-5-6-13-24(23)29/h3-13,16H,14-15,17-18H2,1-2H3/t27-/m0/s1. The minimum Gasteiger partial charge on any atom is -0.348 e. The van der Waals surface area contributed by atoms with Gasteiger partial charge < -0.3 is 9.80 Å². The number of carbonyl (C=O) groups is 2. The van der Waals surface area contributed by atoms with Gasteiger partial charge in [-0.05, 0) is 48.2 Å². The molecule has 0 saturated carbocycles. The number of nitrogens with zero attached hydrogens (tertiary/aromatic N) is 2. The Kier molecular flexibility index (Phi) is 6.27. The molecule has 1 fully saturated rings. The summed E-state index contributed by atoms with van der Waals surface area (Å²) in [5.41, 5.74) is 1.46. The number of hydrogen-bond donors (Lipinski definition) is 0. The predicted molar refractivity (Wildman–Crippen MR) is 124 cm³/mol. The Morgan fingerprint density at radius 2 is 1.64 bits per heavy atom. The summed E-state index contributed by atoms with van der Waals surface area (Å²) < 4.78 is 28.2. The van der Waals surface area contributed by atoms with Gasteiger partial charge in [0.25, 0.3) is 5.91 Å². The molecule has 0 radical (unpaired) electrons. The van der Waals surface area contributed by atoms with Crippen molar-refractivity contribution in [1.29, 1.82) is 0 Å². The third kappa shape index (κ3) is 4.51. The minimum atomic E-state index is -0.853. The molecule has 6 heteroatoms. The highest BCUT2D eigenvalue weighted by molar-refractivity contribution is 5.95. The first-order chi connectivity index (χ1) is 15.8. The van der Waals surface area contributed by atoms with E-state index in [9.17, 15) is 18.4 Å². The van der Waals surface area contributed by atoms with Crippen molar-refractivity contribution >= 4 is 11.8 Å². The van der Waals surface area contributed by atoms with Gasteiger partial charge in [0.2, 0.25) is 5.91 Å². The van der Waals surface area contributed by atoms with Crippen LogP contribution in [0.5, 0.6) is 0 Å².